The molecule has 0 spiro atoms. The van der Waals surface area contributed by atoms with Gasteiger partial charge in [0.05, 0.1) is 5.56 Å². The third-order valence-electron chi connectivity index (χ3n) is 1.71. The fraction of sp³-hybridized carbons (Fsp3) is 0.273. The molecular formula is C11H11FO4. The second-order valence-corrected chi connectivity index (χ2v) is 3.07. The van der Waals surface area contributed by atoms with Crippen molar-refractivity contribution in [2.75, 3.05) is 0 Å². The third-order valence-corrected chi connectivity index (χ3v) is 1.71. The lowest BCUT2D eigenvalue weighted by atomic mass is 10.2. The molecule has 0 radical (unpaired) electrons. The van der Waals surface area contributed by atoms with Crippen molar-refractivity contribution in [2.45, 2.75) is 20.1 Å². The second-order valence-electron chi connectivity index (χ2n) is 3.07. The maximum atomic E-state index is 13.4. The van der Waals surface area contributed by atoms with Crippen LogP contribution in [0.15, 0.2) is 24.3 Å². The van der Waals surface area contributed by atoms with Gasteiger partial charge in [-0.1, -0.05) is 12.1 Å². The molecule has 1 rings (SSSR count). The quantitative estimate of drug-likeness (QED) is 0.584. The van der Waals surface area contributed by atoms with Crippen molar-refractivity contribution in [1.82, 2.24) is 0 Å². The lowest BCUT2D eigenvalue weighted by Crippen LogP contribution is -2.16. The summed E-state index contributed by atoms with van der Waals surface area (Å²) in [5, 5.41) is 0. The Labute approximate surface area is 92.0 Å². The van der Waals surface area contributed by atoms with E-state index in [-0.39, 0.29) is 5.56 Å². The van der Waals surface area contributed by atoms with Crippen LogP contribution in [0.3, 0.4) is 0 Å². The van der Waals surface area contributed by atoms with Crippen molar-refractivity contribution >= 4 is 11.9 Å². The first-order chi connectivity index (χ1) is 7.50. The summed E-state index contributed by atoms with van der Waals surface area (Å²) in [5.74, 6) is -1.92. The highest BCUT2D eigenvalue weighted by Gasteiger charge is 2.21. The molecule has 5 heteroatoms. The van der Waals surface area contributed by atoms with Gasteiger partial charge in [0, 0.05) is 13.8 Å². The number of ether oxygens (including phenoxy) is 2. The lowest BCUT2D eigenvalue weighted by Gasteiger charge is -2.17. The number of hydrogen-bond donors (Lipinski definition) is 0. The second kappa shape index (κ2) is 5.25. The van der Waals surface area contributed by atoms with E-state index in [0.717, 1.165) is 13.8 Å². The molecule has 86 valence electrons. The summed E-state index contributed by atoms with van der Waals surface area (Å²) in [6.45, 7) is 2.30. The van der Waals surface area contributed by atoms with Gasteiger partial charge in [-0.25, -0.2) is 4.39 Å². The summed E-state index contributed by atoms with van der Waals surface area (Å²) in [6.07, 6.45) is -1.34. The molecule has 0 bridgehead atoms. The molecule has 0 aliphatic heterocycles. The van der Waals surface area contributed by atoms with E-state index in [4.69, 9.17) is 9.47 Å². The largest absolute Gasteiger partial charge is 0.421 e. The van der Waals surface area contributed by atoms with E-state index in [0.29, 0.717) is 0 Å². The summed E-state index contributed by atoms with van der Waals surface area (Å²) in [6, 6.07) is 5.61. The molecule has 0 fully saturated rings. The van der Waals surface area contributed by atoms with Crippen LogP contribution < -0.4 is 0 Å². The van der Waals surface area contributed by atoms with Crippen LogP contribution in [0.5, 0.6) is 0 Å². The smallest absolute Gasteiger partial charge is 0.305 e. The zero-order valence-corrected chi connectivity index (χ0v) is 8.90. The molecule has 0 amide bonds. The van der Waals surface area contributed by atoms with Gasteiger partial charge in [-0.15, -0.1) is 0 Å². The van der Waals surface area contributed by atoms with Crippen molar-refractivity contribution in [2.24, 2.45) is 0 Å². The predicted molar refractivity (Wildman–Crippen MR) is 52.7 cm³/mol. The number of esters is 2. The van der Waals surface area contributed by atoms with Crippen molar-refractivity contribution in [3.05, 3.63) is 35.6 Å². The minimum absolute atomic E-state index is 0.00731. The first-order valence-corrected chi connectivity index (χ1v) is 4.59. The van der Waals surface area contributed by atoms with Gasteiger partial charge in [-0.3, -0.25) is 9.59 Å². The minimum atomic E-state index is -1.34. The first-order valence-electron chi connectivity index (χ1n) is 4.59. The Hall–Kier alpha value is -1.91. The molecular weight excluding hydrogens is 215 g/mol. The summed E-state index contributed by atoms with van der Waals surface area (Å²) in [5.41, 5.74) is 0.00731. The molecule has 0 heterocycles. The van der Waals surface area contributed by atoms with Crippen LogP contribution in [0.4, 0.5) is 4.39 Å². The molecule has 1 aromatic carbocycles. The van der Waals surface area contributed by atoms with Gasteiger partial charge in [0.1, 0.15) is 5.82 Å². The highest BCUT2D eigenvalue weighted by molar-refractivity contribution is 5.68. The van der Waals surface area contributed by atoms with Crippen molar-refractivity contribution in [3.8, 4) is 0 Å². The Morgan fingerprint density at radius 1 is 1.12 bits per heavy atom. The highest BCUT2D eigenvalue weighted by atomic mass is 19.1. The van der Waals surface area contributed by atoms with Crippen LogP contribution in [0.25, 0.3) is 0 Å². The van der Waals surface area contributed by atoms with E-state index in [1.165, 1.54) is 18.2 Å². The molecule has 0 aliphatic rings. The van der Waals surface area contributed by atoms with Crippen LogP contribution in [0.1, 0.15) is 25.7 Å². The summed E-state index contributed by atoms with van der Waals surface area (Å²) < 4.78 is 22.8. The highest BCUT2D eigenvalue weighted by Crippen LogP contribution is 2.22. The Bertz CT molecular complexity index is 387. The van der Waals surface area contributed by atoms with E-state index in [1.54, 1.807) is 6.07 Å². The van der Waals surface area contributed by atoms with E-state index in [2.05, 4.69) is 0 Å². The monoisotopic (exact) mass is 226 g/mol. The van der Waals surface area contributed by atoms with Gasteiger partial charge in [0.15, 0.2) is 0 Å². The van der Waals surface area contributed by atoms with E-state index in [1.807, 2.05) is 0 Å². The van der Waals surface area contributed by atoms with Gasteiger partial charge < -0.3 is 9.47 Å². The average molecular weight is 226 g/mol. The average Bonchev–Trinajstić information content (AvgIpc) is 2.15. The fourth-order valence-corrected chi connectivity index (χ4v) is 1.12. The lowest BCUT2D eigenvalue weighted by molar-refractivity contribution is -0.187. The standard InChI is InChI=1S/C11H11FO4/c1-7(13)15-11(16-8(2)14)9-5-3-4-6-10(9)12/h3-6,11H,1-2H3. The molecule has 0 N–H and O–H groups in total. The van der Waals surface area contributed by atoms with Gasteiger partial charge in [0.25, 0.3) is 6.29 Å². The summed E-state index contributed by atoms with van der Waals surface area (Å²) in [7, 11) is 0. The normalized spacial score (nSPS) is 10.0. The van der Waals surface area contributed by atoms with Gasteiger partial charge >= 0.3 is 11.9 Å². The Kier molecular flexibility index (Phi) is 3.99. The molecule has 0 aromatic heterocycles. The number of carbonyl (C=O) groups is 2. The number of benzene rings is 1. The Morgan fingerprint density at radius 2 is 1.62 bits per heavy atom. The predicted octanol–water partition coefficient (Wildman–Crippen LogP) is 1.95. The molecule has 4 nitrogen and oxygen atoms in total. The van der Waals surface area contributed by atoms with Crippen molar-refractivity contribution in [3.63, 3.8) is 0 Å². The minimum Gasteiger partial charge on any atom is -0.421 e. The molecule has 0 saturated heterocycles. The molecule has 0 unspecified atom stereocenters. The van der Waals surface area contributed by atoms with Gasteiger partial charge in [0.2, 0.25) is 0 Å². The third kappa shape index (κ3) is 3.34. The number of hydrogen-bond acceptors (Lipinski definition) is 4. The Balaban J connectivity index is 2.96. The SMILES string of the molecule is CC(=O)OC(OC(C)=O)c1ccccc1F. The van der Waals surface area contributed by atoms with Gasteiger partial charge in [-0.2, -0.15) is 0 Å². The van der Waals surface area contributed by atoms with Gasteiger partial charge in [-0.05, 0) is 12.1 Å². The number of halogens is 1. The topological polar surface area (TPSA) is 52.6 Å². The maximum absolute atomic E-state index is 13.4. The molecule has 0 saturated carbocycles. The van der Waals surface area contributed by atoms with Crippen LogP contribution in [-0.4, -0.2) is 11.9 Å². The van der Waals surface area contributed by atoms with Crippen LogP contribution in [0, 0.1) is 5.82 Å². The number of rotatable bonds is 3. The van der Waals surface area contributed by atoms with E-state index >= 15 is 0 Å². The molecule has 1 aromatic rings. The fourth-order valence-electron chi connectivity index (χ4n) is 1.12. The zero-order chi connectivity index (χ0) is 12.1. The molecule has 0 aliphatic carbocycles. The first kappa shape index (κ1) is 12.2. The molecule has 16 heavy (non-hydrogen) atoms. The van der Waals surface area contributed by atoms with Crippen molar-refractivity contribution in [1.29, 1.82) is 0 Å². The van der Waals surface area contributed by atoms with Crippen LogP contribution in [-0.2, 0) is 19.1 Å². The summed E-state index contributed by atoms with van der Waals surface area (Å²) >= 11 is 0. The van der Waals surface area contributed by atoms with E-state index < -0.39 is 24.0 Å². The van der Waals surface area contributed by atoms with Crippen molar-refractivity contribution < 1.29 is 23.5 Å². The maximum Gasteiger partial charge on any atom is 0.305 e. The molecule has 0 atom stereocenters. The van der Waals surface area contributed by atoms with Crippen LogP contribution in [0.2, 0.25) is 0 Å². The van der Waals surface area contributed by atoms with Crippen LogP contribution >= 0.6 is 0 Å². The summed E-state index contributed by atoms with van der Waals surface area (Å²) in [4.78, 5) is 21.6. The Morgan fingerprint density at radius 3 is 2.06 bits per heavy atom. The van der Waals surface area contributed by atoms with E-state index in [9.17, 15) is 14.0 Å². The zero-order valence-electron chi connectivity index (χ0n) is 8.90. The number of carbonyl (C=O) groups excluding carboxylic acids is 2.